The average Bonchev–Trinajstić information content (AvgIpc) is 3.54. The molecule has 2 aliphatic carbocycles. The molecular formula is C47H51N5O4. The quantitative estimate of drug-likeness (QED) is 0.215. The van der Waals surface area contributed by atoms with Gasteiger partial charge in [-0.2, -0.15) is 0 Å². The highest BCUT2D eigenvalue weighted by atomic mass is 16.3. The monoisotopic (exact) mass is 749 g/mol. The average molecular weight is 750 g/mol. The van der Waals surface area contributed by atoms with Crippen LogP contribution in [0.2, 0.25) is 0 Å². The van der Waals surface area contributed by atoms with Crippen LogP contribution in [0.3, 0.4) is 0 Å². The number of nitrogens with one attached hydrogen (secondary N) is 1. The molecule has 3 saturated heterocycles. The number of phenolic OH excluding ortho intramolecular Hbond substituents is 1. The Morgan fingerprint density at radius 2 is 1.41 bits per heavy atom. The number of amides is 3. The minimum absolute atomic E-state index is 0.116. The van der Waals surface area contributed by atoms with Crippen molar-refractivity contribution in [3.05, 3.63) is 124 Å². The number of aryl methyl sites for hydroxylation is 1. The predicted molar refractivity (Wildman–Crippen MR) is 217 cm³/mol. The molecule has 4 aliphatic heterocycles. The van der Waals surface area contributed by atoms with Crippen LogP contribution >= 0.6 is 0 Å². The second-order valence-electron chi connectivity index (χ2n) is 17.3. The SMILES string of the molecule is O=C1CCC(N2Cc3cc(N4CCN(C5CC6(CCN(c7ccc([C@@H]8c9ccc(O)cc9CC[C@@H]8c8ccccc8)cc7)CC6)C5)CC4)ccc3C2=O)C(=O)N1. The van der Waals surface area contributed by atoms with Crippen molar-refractivity contribution in [3.63, 3.8) is 0 Å². The topological polar surface area (TPSA) is 96.4 Å². The van der Waals surface area contributed by atoms with Crippen LogP contribution in [0, 0.1) is 5.41 Å². The third kappa shape index (κ3) is 6.34. The second kappa shape index (κ2) is 14.1. The fourth-order valence-corrected chi connectivity index (χ4v) is 11.1. The Morgan fingerprint density at radius 3 is 2.16 bits per heavy atom. The van der Waals surface area contributed by atoms with E-state index in [1.807, 2.05) is 18.2 Å². The van der Waals surface area contributed by atoms with Crippen LogP contribution in [0.25, 0.3) is 0 Å². The number of imide groups is 1. The van der Waals surface area contributed by atoms with Gasteiger partial charge in [0.05, 0.1) is 0 Å². The van der Waals surface area contributed by atoms with Gasteiger partial charge in [-0.3, -0.25) is 24.6 Å². The highest BCUT2D eigenvalue weighted by molar-refractivity contribution is 6.05. The molecule has 3 atom stereocenters. The van der Waals surface area contributed by atoms with E-state index < -0.39 is 6.04 Å². The van der Waals surface area contributed by atoms with E-state index in [9.17, 15) is 19.5 Å². The van der Waals surface area contributed by atoms with Crippen LogP contribution in [0.4, 0.5) is 11.4 Å². The van der Waals surface area contributed by atoms with Crippen molar-refractivity contribution in [3.8, 4) is 5.75 Å². The smallest absolute Gasteiger partial charge is 0.255 e. The molecule has 4 aromatic rings. The number of hydrogen-bond donors (Lipinski definition) is 2. The summed E-state index contributed by atoms with van der Waals surface area (Å²) in [6, 6.07) is 32.5. The van der Waals surface area contributed by atoms with Crippen molar-refractivity contribution < 1.29 is 19.5 Å². The number of carbonyl (C=O) groups excluding carboxylic acids is 3. The summed E-state index contributed by atoms with van der Waals surface area (Å²) in [6.45, 7) is 6.68. The summed E-state index contributed by atoms with van der Waals surface area (Å²) in [5, 5.41) is 12.6. The number of hydrogen-bond acceptors (Lipinski definition) is 7. The molecule has 9 nitrogen and oxygen atoms in total. The first-order chi connectivity index (χ1) is 27.3. The van der Waals surface area contributed by atoms with E-state index in [1.54, 1.807) is 4.90 Å². The zero-order chi connectivity index (χ0) is 38.0. The number of benzene rings is 4. The van der Waals surface area contributed by atoms with Crippen molar-refractivity contribution in [1.29, 1.82) is 0 Å². The second-order valence-corrected chi connectivity index (χ2v) is 17.3. The molecule has 4 fully saturated rings. The number of anilines is 2. The molecule has 1 unspecified atom stereocenters. The highest BCUT2D eigenvalue weighted by Crippen LogP contribution is 2.52. The molecule has 0 aromatic heterocycles. The summed E-state index contributed by atoms with van der Waals surface area (Å²) >= 11 is 0. The Kier molecular flexibility index (Phi) is 8.88. The molecule has 0 bridgehead atoms. The van der Waals surface area contributed by atoms with Crippen molar-refractivity contribution in [1.82, 2.24) is 15.1 Å². The fourth-order valence-electron chi connectivity index (χ4n) is 11.1. The lowest BCUT2D eigenvalue weighted by Gasteiger charge is -2.56. The third-order valence-electron chi connectivity index (χ3n) is 14.3. The molecule has 6 aliphatic rings. The fraction of sp³-hybridized carbons (Fsp3) is 0.426. The van der Waals surface area contributed by atoms with Crippen LogP contribution in [0.15, 0.2) is 91.0 Å². The Balaban J connectivity index is 0.728. The van der Waals surface area contributed by atoms with Gasteiger partial charge in [0.1, 0.15) is 11.8 Å². The number of rotatable bonds is 6. The highest BCUT2D eigenvalue weighted by Gasteiger charge is 2.48. The van der Waals surface area contributed by atoms with Gasteiger partial charge < -0.3 is 19.8 Å². The summed E-state index contributed by atoms with van der Waals surface area (Å²) in [5.41, 5.74) is 9.94. The van der Waals surface area contributed by atoms with Gasteiger partial charge in [-0.15, -0.1) is 0 Å². The summed E-state index contributed by atoms with van der Waals surface area (Å²) in [6.07, 6.45) is 7.82. The molecular weight excluding hydrogens is 699 g/mol. The largest absolute Gasteiger partial charge is 0.508 e. The van der Waals surface area contributed by atoms with Crippen LogP contribution < -0.4 is 15.1 Å². The van der Waals surface area contributed by atoms with Gasteiger partial charge in [-0.05, 0) is 127 Å². The zero-order valence-electron chi connectivity index (χ0n) is 32.0. The molecule has 56 heavy (non-hydrogen) atoms. The van der Waals surface area contributed by atoms with Gasteiger partial charge >= 0.3 is 0 Å². The molecule has 3 amide bonds. The lowest BCUT2D eigenvalue weighted by atomic mass is 9.60. The number of carbonyl (C=O) groups is 3. The standard InChI is InChI=1S/C47H51N5O4/c53-38-12-15-40-33(27-38)8-13-39(31-4-2-1-3-5-31)44(40)32-6-9-35(10-7-32)49-20-18-47(19-21-49)28-37(29-47)51-24-22-50(23-25-51)36-11-14-41-34(26-36)30-52(46(41)56)42-16-17-43(54)48-45(42)55/h1-7,9-12,14-15,26-27,37,39,42,44,53H,8,13,16-25,28-30H2,(H,48,54,55)/t39-,42?,44+/m1/s1. The van der Waals surface area contributed by atoms with E-state index >= 15 is 0 Å². The molecule has 10 rings (SSSR count). The summed E-state index contributed by atoms with van der Waals surface area (Å²) in [4.78, 5) is 46.7. The zero-order valence-corrected chi connectivity index (χ0v) is 32.0. The van der Waals surface area contributed by atoms with Crippen LogP contribution in [0.5, 0.6) is 5.75 Å². The maximum absolute atomic E-state index is 13.2. The first kappa shape index (κ1) is 35.3. The van der Waals surface area contributed by atoms with E-state index in [2.05, 4.69) is 92.8 Å². The Hall–Kier alpha value is -5.15. The maximum atomic E-state index is 13.2. The first-order valence-corrected chi connectivity index (χ1v) is 20.8. The Labute approximate surface area is 329 Å². The van der Waals surface area contributed by atoms with Gasteiger partial charge in [0.25, 0.3) is 5.91 Å². The predicted octanol–water partition coefficient (Wildman–Crippen LogP) is 6.59. The lowest BCUT2D eigenvalue weighted by Crippen LogP contribution is -2.59. The summed E-state index contributed by atoms with van der Waals surface area (Å²) in [5.74, 6) is 0.292. The molecule has 0 radical (unpaired) electrons. The summed E-state index contributed by atoms with van der Waals surface area (Å²) in [7, 11) is 0. The van der Waals surface area contributed by atoms with Crippen LogP contribution in [0.1, 0.15) is 95.0 Å². The van der Waals surface area contributed by atoms with Crippen molar-refractivity contribution in [2.75, 3.05) is 49.1 Å². The number of nitrogens with zero attached hydrogens (tertiary/aromatic N) is 4. The van der Waals surface area contributed by atoms with Gasteiger partial charge in [0.15, 0.2) is 0 Å². The van der Waals surface area contributed by atoms with Crippen molar-refractivity contribution >= 4 is 29.1 Å². The number of aromatic hydroxyl groups is 1. The van der Waals surface area contributed by atoms with E-state index in [-0.39, 0.29) is 30.1 Å². The molecule has 4 heterocycles. The van der Waals surface area contributed by atoms with E-state index in [0.29, 0.717) is 41.7 Å². The van der Waals surface area contributed by atoms with Crippen LogP contribution in [-0.4, -0.2) is 84.0 Å². The molecule has 1 spiro atoms. The number of piperidine rings is 2. The van der Waals surface area contributed by atoms with Gasteiger partial charge in [-0.25, -0.2) is 0 Å². The normalized spacial score (nSPS) is 25.2. The third-order valence-corrected chi connectivity index (χ3v) is 14.3. The lowest BCUT2D eigenvalue weighted by molar-refractivity contribution is -0.136. The maximum Gasteiger partial charge on any atom is 0.255 e. The van der Waals surface area contributed by atoms with Crippen molar-refractivity contribution in [2.24, 2.45) is 5.41 Å². The Bertz CT molecular complexity index is 2150. The molecule has 9 heteroatoms. The van der Waals surface area contributed by atoms with Gasteiger partial charge in [0, 0.05) is 81.1 Å². The Morgan fingerprint density at radius 1 is 0.679 bits per heavy atom. The van der Waals surface area contributed by atoms with E-state index in [1.165, 1.54) is 53.6 Å². The van der Waals surface area contributed by atoms with E-state index in [4.69, 9.17) is 0 Å². The molecule has 4 aromatic carbocycles. The first-order valence-electron chi connectivity index (χ1n) is 20.8. The number of fused-ring (bicyclic) bond motifs is 2. The minimum Gasteiger partial charge on any atom is -0.508 e. The number of piperazine rings is 1. The molecule has 2 N–H and O–H groups in total. The van der Waals surface area contributed by atoms with Gasteiger partial charge in [-0.1, -0.05) is 48.5 Å². The number of phenols is 1. The van der Waals surface area contributed by atoms with E-state index in [0.717, 1.165) is 63.4 Å². The molecule has 288 valence electrons. The molecule has 1 saturated carbocycles. The minimum atomic E-state index is -0.582. The van der Waals surface area contributed by atoms with Crippen molar-refractivity contribution in [2.45, 2.75) is 81.8 Å². The van der Waals surface area contributed by atoms with Gasteiger partial charge in [0.2, 0.25) is 11.8 Å². The van der Waals surface area contributed by atoms with Crippen LogP contribution in [-0.2, 0) is 22.6 Å². The summed E-state index contributed by atoms with van der Waals surface area (Å²) < 4.78 is 0.